The SMILES string of the molecule is Cc1csc(CN2CCN(C(=O)c3ccc4c(c3)OCO4)CC2)n1.Cl. The first kappa shape index (κ1) is 18.0. The van der Waals surface area contributed by atoms with Gasteiger partial charge in [-0.2, -0.15) is 0 Å². The molecule has 0 N–H and O–H groups in total. The third kappa shape index (κ3) is 3.89. The van der Waals surface area contributed by atoms with E-state index in [9.17, 15) is 4.79 Å². The summed E-state index contributed by atoms with van der Waals surface area (Å²) >= 11 is 1.70. The molecule has 2 aromatic rings. The average molecular weight is 382 g/mol. The van der Waals surface area contributed by atoms with Gasteiger partial charge in [-0.15, -0.1) is 23.7 Å². The molecule has 0 spiro atoms. The van der Waals surface area contributed by atoms with Gasteiger partial charge in [-0.3, -0.25) is 9.69 Å². The first-order chi connectivity index (χ1) is 11.7. The Balaban J connectivity index is 0.00000182. The minimum atomic E-state index is 0. The molecule has 0 bridgehead atoms. The number of piperazine rings is 1. The van der Waals surface area contributed by atoms with Gasteiger partial charge in [0.25, 0.3) is 5.91 Å². The maximum atomic E-state index is 12.7. The number of benzene rings is 1. The number of aromatic nitrogens is 1. The summed E-state index contributed by atoms with van der Waals surface area (Å²) in [6, 6.07) is 5.38. The Hall–Kier alpha value is -1.83. The lowest BCUT2D eigenvalue weighted by Crippen LogP contribution is -2.48. The molecule has 0 saturated carbocycles. The quantitative estimate of drug-likeness (QED) is 0.817. The van der Waals surface area contributed by atoms with E-state index in [4.69, 9.17) is 9.47 Å². The summed E-state index contributed by atoms with van der Waals surface area (Å²) < 4.78 is 10.6. The summed E-state index contributed by atoms with van der Waals surface area (Å²) in [4.78, 5) is 21.4. The van der Waals surface area contributed by atoms with Crippen molar-refractivity contribution in [3.8, 4) is 11.5 Å². The van der Waals surface area contributed by atoms with Crippen molar-refractivity contribution in [2.45, 2.75) is 13.5 Å². The number of thiazole rings is 1. The summed E-state index contributed by atoms with van der Waals surface area (Å²) in [6.45, 7) is 6.31. The third-order valence-electron chi connectivity index (χ3n) is 4.30. The third-order valence-corrected chi connectivity index (χ3v) is 5.26. The van der Waals surface area contributed by atoms with Gasteiger partial charge in [0.15, 0.2) is 11.5 Å². The number of hydrogen-bond donors (Lipinski definition) is 0. The van der Waals surface area contributed by atoms with Gasteiger partial charge < -0.3 is 14.4 Å². The van der Waals surface area contributed by atoms with Crippen molar-refractivity contribution in [3.63, 3.8) is 0 Å². The topological polar surface area (TPSA) is 54.9 Å². The number of rotatable bonds is 3. The van der Waals surface area contributed by atoms with Crippen LogP contribution in [-0.4, -0.2) is 53.7 Å². The van der Waals surface area contributed by atoms with Crippen molar-refractivity contribution in [1.82, 2.24) is 14.8 Å². The number of hydrogen-bond acceptors (Lipinski definition) is 6. The molecule has 0 atom stereocenters. The molecule has 0 unspecified atom stereocenters. The molecule has 1 saturated heterocycles. The molecule has 1 fully saturated rings. The number of halogens is 1. The predicted molar refractivity (Wildman–Crippen MR) is 97.8 cm³/mol. The highest BCUT2D eigenvalue weighted by Crippen LogP contribution is 2.32. The van der Waals surface area contributed by atoms with Crippen molar-refractivity contribution < 1.29 is 14.3 Å². The standard InChI is InChI=1S/C17H19N3O3S.ClH/c1-12-10-24-16(18-12)9-19-4-6-20(7-5-19)17(21)13-2-3-14-15(8-13)23-11-22-14;/h2-3,8,10H,4-7,9,11H2,1H3;1H. The van der Waals surface area contributed by atoms with Gasteiger partial charge in [-0.05, 0) is 25.1 Å². The molecule has 2 aliphatic rings. The Morgan fingerprint density at radius 3 is 2.68 bits per heavy atom. The normalized spacial score (nSPS) is 16.6. The number of amides is 1. The van der Waals surface area contributed by atoms with Crippen molar-refractivity contribution in [3.05, 3.63) is 39.8 Å². The second-order valence-corrected chi connectivity index (χ2v) is 6.96. The minimum absolute atomic E-state index is 0. The van der Waals surface area contributed by atoms with Crippen LogP contribution in [0.15, 0.2) is 23.6 Å². The maximum Gasteiger partial charge on any atom is 0.254 e. The van der Waals surface area contributed by atoms with Gasteiger partial charge in [0, 0.05) is 42.8 Å². The summed E-state index contributed by atoms with van der Waals surface area (Å²) in [6.07, 6.45) is 0. The van der Waals surface area contributed by atoms with E-state index in [1.54, 1.807) is 29.5 Å². The number of carbonyl (C=O) groups is 1. The van der Waals surface area contributed by atoms with Crippen LogP contribution in [0.25, 0.3) is 0 Å². The van der Waals surface area contributed by atoms with Crippen LogP contribution in [0.5, 0.6) is 11.5 Å². The minimum Gasteiger partial charge on any atom is -0.454 e. The molecule has 6 nitrogen and oxygen atoms in total. The molecule has 4 rings (SSSR count). The maximum absolute atomic E-state index is 12.7. The fourth-order valence-electron chi connectivity index (χ4n) is 2.99. The van der Waals surface area contributed by atoms with E-state index < -0.39 is 0 Å². The fraction of sp³-hybridized carbons (Fsp3) is 0.412. The molecule has 1 aromatic heterocycles. The lowest BCUT2D eigenvalue weighted by atomic mass is 10.1. The van der Waals surface area contributed by atoms with E-state index in [0.717, 1.165) is 43.4 Å². The predicted octanol–water partition coefficient (Wildman–Crippen LogP) is 2.56. The molecule has 25 heavy (non-hydrogen) atoms. The Labute approximate surface area is 156 Å². The molecule has 0 aliphatic carbocycles. The molecule has 0 radical (unpaired) electrons. The number of ether oxygens (including phenoxy) is 2. The Bertz CT molecular complexity index is 759. The summed E-state index contributed by atoms with van der Waals surface area (Å²) in [5.41, 5.74) is 1.73. The van der Waals surface area contributed by atoms with Crippen LogP contribution in [0.1, 0.15) is 21.1 Å². The zero-order valence-electron chi connectivity index (χ0n) is 13.9. The van der Waals surface area contributed by atoms with Crippen LogP contribution in [-0.2, 0) is 6.54 Å². The highest BCUT2D eigenvalue weighted by molar-refractivity contribution is 7.09. The Kier molecular flexibility index (Phi) is 5.46. The van der Waals surface area contributed by atoms with E-state index >= 15 is 0 Å². The summed E-state index contributed by atoms with van der Waals surface area (Å²) in [7, 11) is 0. The lowest BCUT2D eigenvalue weighted by Gasteiger charge is -2.34. The van der Waals surface area contributed by atoms with E-state index in [2.05, 4.69) is 15.3 Å². The van der Waals surface area contributed by atoms with Gasteiger partial charge in [-0.25, -0.2) is 4.98 Å². The van der Waals surface area contributed by atoms with E-state index in [0.29, 0.717) is 17.1 Å². The van der Waals surface area contributed by atoms with E-state index in [1.807, 2.05) is 11.8 Å². The molecule has 134 valence electrons. The van der Waals surface area contributed by atoms with Crippen molar-refractivity contribution in [1.29, 1.82) is 0 Å². The Morgan fingerprint density at radius 2 is 1.96 bits per heavy atom. The molecule has 3 heterocycles. The molecular formula is C17H20ClN3O3S. The largest absolute Gasteiger partial charge is 0.454 e. The first-order valence-corrected chi connectivity index (χ1v) is 8.89. The van der Waals surface area contributed by atoms with Gasteiger partial charge >= 0.3 is 0 Å². The molecule has 1 amide bonds. The van der Waals surface area contributed by atoms with Gasteiger partial charge in [0.2, 0.25) is 6.79 Å². The monoisotopic (exact) mass is 381 g/mol. The second kappa shape index (κ2) is 7.59. The van der Waals surface area contributed by atoms with Crippen LogP contribution in [0.3, 0.4) is 0 Å². The fourth-order valence-corrected chi connectivity index (χ4v) is 3.80. The highest BCUT2D eigenvalue weighted by atomic mass is 35.5. The van der Waals surface area contributed by atoms with Gasteiger partial charge in [0.1, 0.15) is 5.01 Å². The molecule has 1 aromatic carbocycles. The van der Waals surface area contributed by atoms with Crippen LogP contribution in [0.4, 0.5) is 0 Å². The van der Waals surface area contributed by atoms with Crippen molar-refractivity contribution >= 4 is 29.7 Å². The van der Waals surface area contributed by atoms with Crippen molar-refractivity contribution in [2.24, 2.45) is 0 Å². The lowest BCUT2D eigenvalue weighted by molar-refractivity contribution is 0.0628. The number of aryl methyl sites for hydroxylation is 1. The van der Waals surface area contributed by atoms with Crippen LogP contribution >= 0.6 is 23.7 Å². The zero-order chi connectivity index (χ0) is 16.5. The second-order valence-electron chi connectivity index (χ2n) is 6.02. The van der Waals surface area contributed by atoms with Gasteiger partial charge in [-0.1, -0.05) is 0 Å². The zero-order valence-corrected chi connectivity index (χ0v) is 15.6. The summed E-state index contributed by atoms with van der Waals surface area (Å²) in [5, 5.41) is 3.22. The van der Waals surface area contributed by atoms with E-state index in [1.165, 1.54) is 0 Å². The summed E-state index contributed by atoms with van der Waals surface area (Å²) in [5.74, 6) is 1.41. The molecule has 8 heteroatoms. The molecular weight excluding hydrogens is 362 g/mol. The number of carbonyl (C=O) groups excluding carboxylic acids is 1. The Morgan fingerprint density at radius 1 is 1.20 bits per heavy atom. The van der Waals surface area contributed by atoms with Crippen LogP contribution in [0, 0.1) is 6.92 Å². The van der Waals surface area contributed by atoms with Crippen LogP contribution < -0.4 is 9.47 Å². The van der Waals surface area contributed by atoms with E-state index in [-0.39, 0.29) is 25.1 Å². The van der Waals surface area contributed by atoms with Gasteiger partial charge in [0.05, 0.1) is 6.54 Å². The van der Waals surface area contributed by atoms with Crippen LogP contribution in [0.2, 0.25) is 0 Å². The molecule has 2 aliphatic heterocycles. The van der Waals surface area contributed by atoms with Crippen molar-refractivity contribution in [2.75, 3.05) is 33.0 Å². The highest BCUT2D eigenvalue weighted by Gasteiger charge is 2.24. The average Bonchev–Trinajstić information content (AvgIpc) is 3.23. The number of nitrogens with zero attached hydrogens (tertiary/aromatic N) is 3. The number of fused-ring (bicyclic) bond motifs is 1. The smallest absolute Gasteiger partial charge is 0.254 e. The first-order valence-electron chi connectivity index (χ1n) is 8.01.